The zero-order chi connectivity index (χ0) is 20.2. The maximum Gasteiger partial charge on any atom is 0.269 e. The molecule has 0 amide bonds. The highest BCUT2D eigenvalue weighted by Crippen LogP contribution is 2.32. The Balaban J connectivity index is 1.38. The van der Waals surface area contributed by atoms with E-state index in [2.05, 4.69) is 30.5 Å². The molecule has 0 aliphatic heterocycles. The van der Waals surface area contributed by atoms with Gasteiger partial charge in [0.1, 0.15) is 16.2 Å². The van der Waals surface area contributed by atoms with Gasteiger partial charge in [0.2, 0.25) is 15.3 Å². The molecule has 0 aliphatic rings. The van der Waals surface area contributed by atoms with Crippen molar-refractivity contribution in [3.8, 4) is 10.6 Å². The largest absolute Gasteiger partial charge is 0.269 e. The number of nitrogens with zero attached hydrogens (tertiary/aromatic N) is 9. The molecule has 5 heterocycles. The summed E-state index contributed by atoms with van der Waals surface area (Å²) in [6.45, 7) is 0. The van der Waals surface area contributed by atoms with Crippen molar-refractivity contribution in [1.82, 2.24) is 39.4 Å². The first-order chi connectivity index (χ1) is 14.7. The summed E-state index contributed by atoms with van der Waals surface area (Å²) >= 11 is 4.18. The highest BCUT2D eigenvalue weighted by atomic mass is 32.2. The Hall–Kier alpha value is -3.49. The molecule has 0 unspecified atom stereocenters. The molecule has 6 rings (SSSR count). The SMILES string of the molecule is O=[N+]([O-])c1ccc(-c2nn3c(Sc4nnc5c6ccsc6ncn45)nnc3s2)cc1. The average molecular weight is 453 g/mol. The molecule has 0 saturated heterocycles. The minimum atomic E-state index is -0.432. The number of benzene rings is 1. The predicted octanol–water partition coefficient (Wildman–Crippen LogP) is 3.56. The summed E-state index contributed by atoms with van der Waals surface area (Å²) in [5, 5.41) is 37.1. The van der Waals surface area contributed by atoms with Crippen molar-refractivity contribution >= 4 is 60.9 Å². The van der Waals surface area contributed by atoms with Crippen LogP contribution in [0.3, 0.4) is 0 Å². The highest BCUT2D eigenvalue weighted by molar-refractivity contribution is 7.99. The lowest BCUT2D eigenvalue weighted by Crippen LogP contribution is -1.93. The number of aromatic nitrogens is 8. The first-order valence-electron chi connectivity index (χ1n) is 8.39. The van der Waals surface area contributed by atoms with Crippen LogP contribution in [0.2, 0.25) is 0 Å². The minimum Gasteiger partial charge on any atom is -0.259 e. The molecular formula is C16H7N9O2S3. The van der Waals surface area contributed by atoms with Gasteiger partial charge < -0.3 is 0 Å². The molecule has 0 fully saturated rings. The van der Waals surface area contributed by atoms with E-state index in [4.69, 9.17) is 0 Å². The van der Waals surface area contributed by atoms with Crippen molar-refractivity contribution in [3.05, 3.63) is 52.2 Å². The van der Waals surface area contributed by atoms with E-state index in [0.29, 0.717) is 20.3 Å². The van der Waals surface area contributed by atoms with E-state index in [1.165, 1.54) is 35.2 Å². The molecular weight excluding hydrogens is 446 g/mol. The number of thiophene rings is 1. The van der Waals surface area contributed by atoms with Crippen LogP contribution in [0.4, 0.5) is 5.69 Å². The second-order valence-corrected chi connectivity index (χ2v) is 8.84. The van der Waals surface area contributed by atoms with E-state index in [1.807, 2.05) is 15.8 Å². The second kappa shape index (κ2) is 6.51. The van der Waals surface area contributed by atoms with Gasteiger partial charge in [-0.1, -0.05) is 11.3 Å². The van der Waals surface area contributed by atoms with Crippen LogP contribution < -0.4 is 0 Å². The number of nitro benzene ring substituents is 1. The Morgan fingerprint density at radius 3 is 2.70 bits per heavy atom. The number of nitro groups is 1. The van der Waals surface area contributed by atoms with Gasteiger partial charge in [0.15, 0.2) is 5.65 Å². The molecule has 5 aromatic heterocycles. The van der Waals surface area contributed by atoms with Gasteiger partial charge in [0, 0.05) is 17.7 Å². The van der Waals surface area contributed by atoms with Crippen molar-refractivity contribution in [1.29, 1.82) is 0 Å². The van der Waals surface area contributed by atoms with E-state index >= 15 is 0 Å². The third kappa shape index (κ3) is 2.65. The second-order valence-electron chi connectivity index (χ2n) is 6.05. The minimum absolute atomic E-state index is 0.0324. The van der Waals surface area contributed by atoms with Gasteiger partial charge >= 0.3 is 0 Å². The standard InChI is InChI=1S/C16H7N9O2S3/c26-25(27)9-3-1-8(2-4-9)12-22-24-15(29-12)20-21-16(24)30-14-19-18-11-10-5-6-28-13(10)17-7-23(11)14/h1-7H. The number of hydrogen-bond acceptors (Lipinski definition) is 11. The fourth-order valence-electron chi connectivity index (χ4n) is 2.90. The Morgan fingerprint density at radius 2 is 1.87 bits per heavy atom. The van der Waals surface area contributed by atoms with Crippen LogP contribution in [0.1, 0.15) is 0 Å². The maximum atomic E-state index is 10.8. The lowest BCUT2D eigenvalue weighted by molar-refractivity contribution is -0.384. The lowest BCUT2D eigenvalue weighted by Gasteiger charge is -1.98. The summed E-state index contributed by atoms with van der Waals surface area (Å²) in [6, 6.07) is 8.21. The van der Waals surface area contributed by atoms with Gasteiger partial charge in [-0.3, -0.25) is 14.5 Å². The van der Waals surface area contributed by atoms with Gasteiger partial charge in [-0.05, 0) is 35.3 Å². The third-order valence-electron chi connectivity index (χ3n) is 4.31. The zero-order valence-corrected chi connectivity index (χ0v) is 17.1. The lowest BCUT2D eigenvalue weighted by atomic mass is 10.2. The normalized spacial score (nSPS) is 11.7. The van der Waals surface area contributed by atoms with Gasteiger partial charge in [0.25, 0.3) is 5.69 Å². The first-order valence-corrected chi connectivity index (χ1v) is 10.9. The fraction of sp³-hybridized carbons (Fsp3) is 0. The van der Waals surface area contributed by atoms with Crippen molar-refractivity contribution in [2.24, 2.45) is 0 Å². The van der Waals surface area contributed by atoms with Crippen LogP contribution in [-0.2, 0) is 0 Å². The van der Waals surface area contributed by atoms with Gasteiger partial charge in [-0.25, -0.2) is 4.98 Å². The molecule has 1 aromatic carbocycles. The smallest absolute Gasteiger partial charge is 0.259 e. The zero-order valence-electron chi connectivity index (χ0n) is 14.6. The molecule has 14 heteroatoms. The molecule has 0 radical (unpaired) electrons. The maximum absolute atomic E-state index is 10.8. The van der Waals surface area contributed by atoms with Crippen molar-refractivity contribution < 1.29 is 4.92 Å². The van der Waals surface area contributed by atoms with Crippen LogP contribution in [0.15, 0.2) is 52.4 Å². The van der Waals surface area contributed by atoms with Gasteiger partial charge in [-0.2, -0.15) is 9.61 Å². The molecule has 0 atom stereocenters. The topological polar surface area (TPSA) is 129 Å². The van der Waals surface area contributed by atoms with E-state index in [9.17, 15) is 10.1 Å². The molecule has 6 aromatic rings. The average Bonchev–Trinajstić information content (AvgIpc) is 3.52. The monoisotopic (exact) mass is 453 g/mol. The van der Waals surface area contributed by atoms with E-state index < -0.39 is 4.92 Å². The van der Waals surface area contributed by atoms with E-state index in [1.54, 1.807) is 34.3 Å². The van der Waals surface area contributed by atoms with Crippen molar-refractivity contribution in [3.63, 3.8) is 0 Å². The van der Waals surface area contributed by atoms with Crippen LogP contribution in [-0.4, -0.2) is 44.3 Å². The Labute approximate surface area is 178 Å². The molecule has 11 nitrogen and oxygen atoms in total. The molecule has 0 bridgehead atoms. The molecule has 146 valence electrons. The van der Waals surface area contributed by atoms with Crippen LogP contribution in [0.25, 0.3) is 31.4 Å². The summed E-state index contributed by atoms with van der Waals surface area (Å²) in [7, 11) is 0. The molecule has 0 saturated carbocycles. The Kier molecular flexibility index (Phi) is 3.77. The fourth-order valence-corrected chi connectivity index (χ4v) is 5.30. The summed E-state index contributed by atoms with van der Waals surface area (Å²) < 4.78 is 3.44. The summed E-state index contributed by atoms with van der Waals surface area (Å²) in [4.78, 5) is 16.4. The number of hydrogen-bond donors (Lipinski definition) is 0. The van der Waals surface area contributed by atoms with Crippen LogP contribution in [0.5, 0.6) is 0 Å². The Morgan fingerprint density at radius 1 is 1.03 bits per heavy atom. The molecule has 0 N–H and O–H groups in total. The summed E-state index contributed by atoms with van der Waals surface area (Å²) in [6.07, 6.45) is 1.69. The first kappa shape index (κ1) is 17.4. The number of rotatable bonds is 4. The Bertz CT molecular complexity index is 1560. The van der Waals surface area contributed by atoms with Crippen LogP contribution in [0, 0.1) is 10.1 Å². The van der Waals surface area contributed by atoms with E-state index in [-0.39, 0.29) is 5.69 Å². The van der Waals surface area contributed by atoms with E-state index in [0.717, 1.165) is 21.4 Å². The third-order valence-corrected chi connectivity index (χ3v) is 6.98. The summed E-state index contributed by atoms with van der Waals surface area (Å²) in [5.74, 6) is 0. The quantitative estimate of drug-likeness (QED) is 0.290. The highest BCUT2D eigenvalue weighted by Gasteiger charge is 2.18. The van der Waals surface area contributed by atoms with Crippen molar-refractivity contribution in [2.45, 2.75) is 10.3 Å². The number of fused-ring (bicyclic) bond motifs is 4. The summed E-state index contributed by atoms with van der Waals surface area (Å²) in [5.41, 5.74) is 1.53. The van der Waals surface area contributed by atoms with Crippen molar-refractivity contribution in [2.75, 3.05) is 0 Å². The van der Waals surface area contributed by atoms with Gasteiger partial charge in [0.05, 0.1) is 10.3 Å². The number of non-ortho nitro benzene ring substituents is 1. The predicted molar refractivity (Wildman–Crippen MR) is 111 cm³/mol. The molecule has 0 spiro atoms. The van der Waals surface area contributed by atoms with Gasteiger partial charge in [-0.15, -0.1) is 31.7 Å². The molecule has 30 heavy (non-hydrogen) atoms. The molecule has 0 aliphatic carbocycles. The van der Waals surface area contributed by atoms with Crippen LogP contribution >= 0.6 is 34.4 Å².